The molecule has 2 rings (SSSR count). The van der Waals surface area contributed by atoms with Gasteiger partial charge in [-0.25, -0.2) is 0 Å². The third-order valence-electron chi connectivity index (χ3n) is 3.84. The molecule has 1 fully saturated rings. The molecule has 0 radical (unpaired) electrons. The van der Waals surface area contributed by atoms with Crippen molar-refractivity contribution in [3.05, 3.63) is 21.4 Å². The summed E-state index contributed by atoms with van der Waals surface area (Å²) < 4.78 is 5.52. The number of ketones is 1. The lowest BCUT2D eigenvalue weighted by Crippen LogP contribution is -2.50. The Balaban J connectivity index is 1.91. The molecule has 0 aromatic carbocycles. The van der Waals surface area contributed by atoms with Gasteiger partial charge in [-0.2, -0.15) is 0 Å². The topological polar surface area (TPSA) is 46.6 Å². The highest BCUT2D eigenvalue weighted by atomic mass is 32.1. The van der Waals surface area contributed by atoms with Crippen LogP contribution in [0.4, 0.5) is 0 Å². The maximum absolute atomic E-state index is 12.3. The summed E-state index contributed by atoms with van der Waals surface area (Å²) >= 11 is 1.63. The standard InChI is InChI=1S/C16H23NO3S/c1-10-9-20-11(2)8-17(10)16(19)6-5-15(18)14-7-12(3)21-13(14)4/h7,10-11H,5-6,8-9H2,1-4H3. The number of aryl methyl sites for hydroxylation is 2. The molecule has 116 valence electrons. The summed E-state index contributed by atoms with van der Waals surface area (Å²) in [5, 5.41) is 0. The normalized spacial score (nSPS) is 22.4. The SMILES string of the molecule is Cc1cc(C(=O)CCC(=O)N2CC(C)OCC2C)c(C)s1. The maximum atomic E-state index is 12.3. The van der Waals surface area contributed by atoms with E-state index in [9.17, 15) is 9.59 Å². The summed E-state index contributed by atoms with van der Waals surface area (Å²) in [6.45, 7) is 9.09. The number of amides is 1. The van der Waals surface area contributed by atoms with Gasteiger partial charge in [0.15, 0.2) is 5.78 Å². The van der Waals surface area contributed by atoms with E-state index in [0.29, 0.717) is 13.2 Å². The molecule has 2 unspecified atom stereocenters. The fourth-order valence-corrected chi connectivity index (χ4v) is 3.60. The summed E-state index contributed by atoms with van der Waals surface area (Å²) in [6, 6.07) is 2.01. The van der Waals surface area contributed by atoms with Crippen LogP contribution in [-0.2, 0) is 9.53 Å². The van der Waals surface area contributed by atoms with E-state index in [1.165, 1.54) is 0 Å². The number of morpholine rings is 1. The highest BCUT2D eigenvalue weighted by Crippen LogP contribution is 2.22. The van der Waals surface area contributed by atoms with Gasteiger partial charge in [-0.3, -0.25) is 9.59 Å². The van der Waals surface area contributed by atoms with Crippen LogP contribution in [0.15, 0.2) is 6.07 Å². The van der Waals surface area contributed by atoms with Crippen LogP contribution in [0.3, 0.4) is 0 Å². The molecule has 1 aromatic rings. The Morgan fingerprint density at radius 1 is 1.33 bits per heavy atom. The molecule has 5 heteroatoms. The molecule has 21 heavy (non-hydrogen) atoms. The third-order valence-corrected chi connectivity index (χ3v) is 4.80. The molecule has 0 aliphatic carbocycles. The number of carbonyl (C=O) groups is 2. The first-order valence-corrected chi connectivity index (χ1v) is 8.21. The van der Waals surface area contributed by atoms with Crippen molar-refractivity contribution < 1.29 is 14.3 Å². The summed E-state index contributed by atoms with van der Waals surface area (Å²) in [5.74, 6) is 0.120. The van der Waals surface area contributed by atoms with Crippen LogP contribution >= 0.6 is 11.3 Å². The van der Waals surface area contributed by atoms with Crippen LogP contribution in [0.5, 0.6) is 0 Å². The molecular weight excluding hydrogens is 286 g/mol. The Morgan fingerprint density at radius 2 is 2.05 bits per heavy atom. The molecule has 1 aromatic heterocycles. The van der Waals surface area contributed by atoms with Crippen molar-refractivity contribution in [1.29, 1.82) is 0 Å². The second-order valence-corrected chi connectivity index (χ2v) is 7.25. The number of hydrogen-bond donors (Lipinski definition) is 0. The van der Waals surface area contributed by atoms with Gasteiger partial charge in [0.2, 0.25) is 5.91 Å². The Labute approximate surface area is 130 Å². The quantitative estimate of drug-likeness (QED) is 0.803. The second kappa shape index (κ2) is 6.71. The predicted octanol–water partition coefficient (Wildman–Crippen LogP) is 2.96. The minimum atomic E-state index is 0.0515. The van der Waals surface area contributed by atoms with Crippen molar-refractivity contribution in [3.8, 4) is 0 Å². The van der Waals surface area contributed by atoms with E-state index in [1.807, 2.05) is 38.7 Å². The number of rotatable bonds is 4. The highest BCUT2D eigenvalue weighted by molar-refractivity contribution is 7.12. The molecule has 0 spiro atoms. The van der Waals surface area contributed by atoms with Crippen molar-refractivity contribution in [2.75, 3.05) is 13.2 Å². The number of thiophene rings is 1. The predicted molar refractivity (Wildman–Crippen MR) is 83.9 cm³/mol. The summed E-state index contributed by atoms with van der Waals surface area (Å²) in [6.07, 6.45) is 0.640. The molecule has 1 aliphatic heterocycles. The van der Waals surface area contributed by atoms with Crippen LogP contribution in [0, 0.1) is 13.8 Å². The smallest absolute Gasteiger partial charge is 0.223 e. The first kappa shape index (κ1) is 16.2. The maximum Gasteiger partial charge on any atom is 0.223 e. The van der Waals surface area contributed by atoms with Gasteiger partial charge in [0.1, 0.15) is 0 Å². The molecule has 1 saturated heterocycles. The van der Waals surface area contributed by atoms with Crippen LogP contribution < -0.4 is 0 Å². The summed E-state index contributed by atoms with van der Waals surface area (Å²) in [5.41, 5.74) is 0.772. The van der Waals surface area contributed by atoms with Gasteiger partial charge in [0.25, 0.3) is 0 Å². The van der Waals surface area contributed by atoms with Crippen LogP contribution in [0.25, 0.3) is 0 Å². The summed E-state index contributed by atoms with van der Waals surface area (Å²) in [4.78, 5) is 28.5. The van der Waals surface area contributed by atoms with Crippen molar-refractivity contribution in [2.45, 2.75) is 52.7 Å². The Bertz CT molecular complexity index is 538. The van der Waals surface area contributed by atoms with Crippen molar-refractivity contribution in [3.63, 3.8) is 0 Å². The monoisotopic (exact) mass is 309 g/mol. The zero-order valence-corrected chi connectivity index (χ0v) is 14.0. The second-order valence-electron chi connectivity index (χ2n) is 5.79. The summed E-state index contributed by atoms with van der Waals surface area (Å²) in [7, 11) is 0. The number of hydrogen-bond acceptors (Lipinski definition) is 4. The van der Waals surface area contributed by atoms with E-state index in [-0.39, 0.29) is 36.7 Å². The number of carbonyl (C=O) groups excluding carboxylic acids is 2. The van der Waals surface area contributed by atoms with Crippen LogP contribution in [0.1, 0.15) is 46.8 Å². The zero-order valence-electron chi connectivity index (χ0n) is 13.1. The average Bonchev–Trinajstić information content (AvgIpc) is 2.77. The zero-order chi connectivity index (χ0) is 15.6. The Morgan fingerprint density at radius 3 is 2.67 bits per heavy atom. The molecule has 0 N–H and O–H groups in total. The van der Waals surface area contributed by atoms with Crippen molar-refractivity contribution >= 4 is 23.0 Å². The Kier molecular flexibility index (Phi) is 5.17. The van der Waals surface area contributed by atoms with E-state index < -0.39 is 0 Å². The fourth-order valence-electron chi connectivity index (χ4n) is 2.66. The van der Waals surface area contributed by atoms with Crippen LogP contribution in [0.2, 0.25) is 0 Å². The van der Waals surface area contributed by atoms with E-state index in [1.54, 1.807) is 11.3 Å². The molecule has 1 amide bonds. The minimum Gasteiger partial charge on any atom is -0.375 e. The lowest BCUT2D eigenvalue weighted by Gasteiger charge is -2.36. The molecule has 2 atom stereocenters. The number of Topliss-reactive ketones (excluding diaryl/α,β-unsaturated/α-hetero) is 1. The highest BCUT2D eigenvalue weighted by Gasteiger charge is 2.27. The number of ether oxygens (including phenoxy) is 1. The van der Waals surface area contributed by atoms with Gasteiger partial charge in [-0.05, 0) is 33.8 Å². The van der Waals surface area contributed by atoms with Crippen molar-refractivity contribution in [1.82, 2.24) is 4.90 Å². The molecule has 2 heterocycles. The van der Waals surface area contributed by atoms with E-state index >= 15 is 0 Å². The molecule has 1 aliphatic rings. The molecule has 0 saturated carbocycles. The first-order chi connectivity index (χ1) is 9.88. The molecule has 0 bridgehead atoms. The van der Waals surface area contributed by atoms with Gasteiger partial charge in [0, 0.05) is 34.7 Å². The first-order valence-electron chi connectivity index (χ1n) is 7.39. The van der Waals surface area contributed by atoms with Gasteiger partial charge < -0.3 is 9.64 Å². The minimum absolute atomic E-state index is 0.0515. The average molecular weight is 309 g/mol. The van der Waals surface area contributed by atoms with Gasteiger partial charge in [-0.15, -0.1) is 11.3 Å². The lowest BCUT2D eigenvalue weighted by molar-refractivity contribution is -0.143. The van der Waals surface area contributed by atoms with E-state index in [0.717, 1.165) is 15.3 Å². The lowest BCUT2D eigenvalue weighted by atomic mass is 10.1. The van der Waals surface area contributed by atoms with Gasteiger partial charge in [0.05, 0.1) is 18.8 Å². The fraction of sp³-hybridized carbons (Fsp3) is 0.625. The van der Waals surface area contributed by atoms with Crippen LogP contribution in [-0.4, -0.2) is 41.9 Å². The largest absolute Gasteiger partial charge is 0.375 e. The molecular formula is C16H23NO3S. The number of nitrogens with zero attached hydrogens (tertiary/aromatic N) is 1. The van der Waals surface area contributed by atoms with E-state index in [2.05, 4.69) is 0 Å². The third kappa shape index (κ3) is 3.92. The van der Waals surface area contributed by atoms with Gasteiger partial charge in [-0.1, -0.05) is 0 Å². The Hall–Kier alpha value is -1.20. The van der Waals surface area contributed by atoms with Crippen molar-refractivity contribution in [2.24, 2.45) is 0 Å². The van der Waals surface area contributed by atoms with E-state index in [4.69, 9.17) is 4.74 Å². The molecule has 4 nitrogen and oxygen atoms in total. The van der Waals surface area contributed by atoms with Gasteiger partial charge >= 0.3 is 0 Å².